The number of hydrogen-bond acceptors (Lipinski definition) is 11. The summed E-state index contributed by atoms with van der Waals surface area (Å²) in [5.41, 5.74) is 9.80. The van der Waals surface area contributed by atoms with Crippen LogP contribution >= 0.6 is 0 Å². The second-order valence-electron chi connectivity index (χ2n) is 13.0. The van der Waals surface area contributed by atoms with Gasteiger partial charge >= 0.3 is 6.09 Å². The number of ether oxygens (including phenoxy) is 6. The predicted octanol–water partition coefficient (Wildman–Crippen LogP) is 4.60. The van der Waals surface area contributed by atoms with Gasteiger partial charge in [-0.15, -0.1) is 0 Å². The fraction of sp³-hybridized carbons (Fsp3) is 0.459. The number of carbonyl (C=O) groups is 3. The number of hydrogen-bond donors (Lipinski definition) is 1. The van der Waals surface area contributed by atoms with E-state index in [-0.39, 0.29) is 29.1 Å². The van der Waals surface area contributed by atoms with Gasteiger partial charge in [0, 0.05) is 37.1 Å². The first kappa shape index (κ1) is 35.6. The summed E-state index contributed by atoms with van der Waals surface area (Å²) in [6.07, 6.45) is 4.13. The van der Waals surface area contributed by atoms with E-state index in [1.54, 1.807) is 47.4 Å². The Morgan fingerprint density at radius 1 is 0.902 bits per heavy atom. The summed E-state index contributed by atoms with van der Waals surface area (Å²) in [6, 6.07) is 6.11. The van der Waals surface area contributed by atoms with E-state index in [4.69, 9.17) is 34.2 Å². The Morgan fingerprint density at radius 2 is 1.59 bits per heavy atom. The molecule has 3 fully saturated rings. The Hall–Kier alpha value is -5.24. The molecule has 0 bridgehead atoms. The van der Waals surface area contributed by atoms with Crippen LogP contribution in [0.25, 0.3) is 0 Å². The Bertz CT molecular complexity index is 1740. The molecule has 0 spiro atoms. The molecule has 3 saturated heterocycles. The van der Waals surface area contributed by atoms with Crippen LogP contribution in [0.15, 0.2) is 53.6 Å². The van der Waals surface area contributed by atoms with E-state index in [1.165, 1.54) is 19.1 Å². The highest BCUT2D eigenvalue weighted by Crippen LogP contribution is 2.39. The zero-order valence-electron chi connectivity index (χ0n) is 29.4. The van der Waals surface area contributed by atoms with Crippen molar-refractivity contribution in [1.29, 1.82) is 0 Å². The molecule has 0 saturated carbocycles. The average Bonchev–Trinajstić information content (AvgIpc) is 3.85. The molecule has 4 heterocycles. The smallest absolute Gasteiger partial charge is 0.411 e. The highest BCUT2D eigenvalue weighted by molar-refractivity contribution is 6.04. The standard InChI is InChI=1S/C37H45N5O9/c1-22-13-24-19-39-28-18-33(31(47-4)16-26(28)35(44)41(24)20-22)50-11-8-6-7-10-49-32-17-27(38)25(15-30(32)46-3)34(43)42-21-23(2)14-29(42)36-40(9-12-51-36)37(45)48-5/h15-19,24,29,36H,1-2,6-14,20-21,38H2,3-5H3/t24-,29-,36?/m0/s1. The number of nitrogens with zero attached hydrogens (tertiary/aromatic N) is 4. The van der Waals surface area contributed by atoms with Gasteiger partial charge in [0.1, 0.15) is 0 Å². The Labute approximate surface area is 297 Å². The summed E-state index contributed by atoms with van der Waals surface area (Å²) in [5, 5.41) is 0. The predicted molar refractivity (Wildman–Crippen MR) is 189 cm³/mol. The van der Waals surface area contributed by atoms with E-state index in [0.717, 1.165) is 30.4 Å². The lowest BCUT2D eigenvalue weighted by Crippen LogP contribution is -2.50. The lowest BCUT2D eigenvalue weighted by Gasteiger charge is -2.33. The van der Waals surface area contributed by atoms with Crippen LogP contribution in [0, 0.1) is 0 Å². The minimum Gasteiger partial charge on any atom is -0.493 e. The molecule has 1 unspecified atom stereocenters. The molecular weight excluding hydrogens is 658 g/mol. The number of benzene rings is 2. The van der Waals surface area contributed by atoms with Crippen LogP contribution in [0.1, 0.15) is 52.8 Å². The number of unbranched alkanes of at least 4 members (excludes halogenated alkanes) is 2. The summed E-state index contributed by atoms with van der Waals surface area (Å²) < 4.78 is 34.0. The van der Waals surface area contributed by atoms with E-state index in [9.17, 15) is 14.4 Å². The number of likely N-dealkylation sites (tertiary alicyclic amines) is 1. The summed E-state index contributed by atoms with van der Waals surface area (Å²) in [6.45, 7) is 10.5. The molecule has 3 atom stereocenters. The molecule has 0 aliphatic carbocycles. The van der Waals surface area contributed by atoms with Gasteiger partial charge in [0.15, 0.2) is 29.2 Å². The fourth-order valence-corrected chi connectivity index (χ4v) is 6.96. The number of carbonyl (C=O) groups excluding carboxylic acids is 3. The maximum Gasteiger partial charge on any atom is 0.411 e. The largest absolute Gasteiger partial charge is 0.493 e. The van der Waals surface area contributed by atoms with E-state index in [0.29, 0.717) is 86.5 Å². The number of aliphatic imine (C=N–C) groups is 1. The molecule has 3 amide bonds. The molecule has 4 aliphatic heterocycles. The minimum absolute atomic E-state index is 0.0884. The molecule has 51 heavy (non-hydrogen) atoms. The van der Waals surface area contributed by atoms with Crippen molar-refractivity contribution < 1.29 is 42.8 Å². The number of amides is 3. The molecule has 2 N–H and O–H groups in total. The minimum atomic E-state index is -0.652. The SMILES string of the molecule is C=C1C[C@H]2C=Nc3cc(OCCCCCOc4cc(N)c(C(=O)N5CC(=C)C[C@H]5C5OCCN5C(=O)OC)cc4OC)c(OC)cc3C(=O)N2C1. The van der Waals surface area contributed by atoms with Crippen LogP contribution in [0.4, 0.5) is 16.2 Å². The molecule has 14 heteroatoms. The zero-order valence-corrected chi connectivity index (χ0v) is 29.4. The molecule has 14 nitrogen and oxygen atoms in total. The average molecular weight is 704 g/mol. The van der Waals surface area contributed by atoms with Crippen molar-refractivity contribution in [3.8, 4) is 23.0 Å². The number of methoxy groups -OCH3 is 3. The number of anilines is 1. The van der Waals surface area contributed by atoms with Crippen LogP contribution in [-0.2, 0) is 9.47 Å². The van der Waals surface area contributed by atoms with Gasteiger partial charge in [0.25, 0.3) is 11.8 Å². The Kier molecular flexibility index (Phi) is 10.7. The molecule has 4 aliphatic rings. The molecular formula is C37H45N5O9. The lowest BCUT2D eigenvalue weighted by atomic mass is 10.1. The van der Waals surface area contributed by atoms with Gasteiger partial charge in [-0.25, -0.2) is 4.79 Å². The second kappa shape index (κ2) is 15.3. The van der Waals surface area contributed by atoms with E-state index < -0.39 is 18.4 Å². The Morgan fingerprint density at radius 3 is 2.29 bits per heavy atom. The topological polar surface area (TPSA) is 155 Å². The van der Waals surface area contributed by atoms with Gasteiger partial charge in [-0.05, 0) is 44.2 Å². The van der Waals surface area contributed by atoms with Crippen LogP contribution in [0.2, 0.25) is 0 Å². The van der Waals surface area contributed by atoms with Crippen molar-refractivity contribution in [2.75, 3.05) is 66.5 Å². The first-order valence-electron chi connectivity index (χ1n) is 17.0. The molecule has 6 rings (SSSR count). The van der Waals surface area contributed by atoms with E-state index >= 15 is 0 Å². The van der Waals surface area contributed by atoms with Gasteiger partial charge in [-0.2, -0.15) is 0 Å². The third-order valence-corrected chi connectivity index (χ3v) is 9.54. The van der Waals surface area contributed by atoms with Gasteiger partial charge in [-0.1, -0.05) is 24.3 Å². The third kappa shape index (κ3) is 7.32. The first-order chi connectivity index (χ1) is 24.6. The van der Waals surface area contributed by atoms with Crippen LogP contribution in [-0.4, -0.2) is 118 Å². The Balaban J connectivity index is 1.02. The summed E-state index contributed by atoms with van der Waals surface area (Å²) in [7, 11) is 4.37. The van der Waals surface area contributed by atoms with Gasteiger partial charge in [0.2, 0.25) is 0 Å². The second-order valence-corrected chi connectivity index (χ2v) is 13.0. The number of fused-ring (bicyclic) bond motifs is 2. The normalized spacial score (nSPS) is 21.0. The molecule has 272 valence electrons. The summed E-state index contributed by atoms with van der Waals surface area (Å²) >= 11 is 0. The molecule has 2 aromatic rings. The van der Waals surface area contributed by atoms with Crippen molar-refractivity contribution in [3.63, 3.8) is 0 Å². The van der Waals surface area contributed by atoms with Crippen molar-refractivity contribution >= 4 is 35.5 Å². The van der Waals surface area contributed by atoms with Gasteiger partial charge in [-0.3, -0.25) is 19.5 Å². The molecule has 2 aromatic carbocycles. The fourth-order valence-electron chi connectivity index (χ4n) is 6.96. The van der Waals surface area contributed by atoms with Crippen molar-refractivity contribution in [2.24, 2.45) is 4.99 Å². The quantitative estimate of drug-likeness (QED) is 0.189. The van der Waals surface area contributed by atoms with Crippen LogP contribution in [0.3, 0.4) is 0 Å². The van der Waals surface area contributed by atoms with E-state index in [1.807, 2.05) is 0 Å². The maximum absolute atomic E-state index is 13.8. The highest BCUT2D eigenvalue weighted by atomic mass is 16.6. The zero-order chi connectivity index (χ0) is 36.2. The lowest BCUT2D eigenvalue weighted by molar-refractivity contribution is -0.0179. The maximum atomic E-state index is 13.8. The van der Waals surface area contributed by atoms with Gasteiger partial charge in [0.05, 0.1) is 76.6 Å². The summed E-state index contributed by atoms with van der Waals surface area (Å²) in [4.78, 5) is 48.9. The van der Waals surface area contributed by atoms with Crippen molar-refractivity contribution in [1.82, 2.24) is 14.7 Å². The van der Waals surface area contributed by atoms with Crippen molar-refractivity contribution in [3.05, 3.63) is 59.7 Å². The molecule has 0 radical (unpaired) electrons. The monoisotopic (exact) mass is 703 g/mol. The van der Waals surface area contributed by atoms with Crippen LogP contribution in [0.5, 0.6) is 23.0 Å². The summed E-state index contributed by atoms with van der Waals surface area (Å²) in [5.74, 6) is 1.39. The number of nitrogens with two attached hydrogens (primary N) is 1. The molecule has 0 aromatic heterocycles. The number of rotatable bonds is 12. The van der Waals surface area contributed by atoms with Crippen molar-refractivity contribution in [2.45, 2.75) is 50.4 Å². The first-order valence-corrected chi connectivity index (χ1v) is 17.0. The number of nitrogen functional groups attached to an aromatic ring is 1. The van der Waals surface area contributed by atoms with Crippen LogP contribution < -0.4 is 24.7 Å². The van der Waals surface area contributed by atoms with Gasteiger partial charge < -0.3 is 44.0 Å². The third-order valence-electron chi connectivity index (χ3n) is 9.54. The van der Waals surface area contributed by atoms with E-state index in [2.05, 4.69) is 18.2 Å². The highest BCUT2D eigenvalue weighted by Gasteiger charge is 2.45.